The monoisotopic (exact) mass is 512 g/mol. The first kappa shape index (κ1) is 33.3. The molecule has 2 fully saturated rings. The first-order valence-corrected chi connectivity index (χ1v) is 11.0. The molecule has 206 valence electrons. The lowest BCUT2D eigenvalue weighted by atomic mass is 9.91. The molecule has 5 N–H and O–H groups in total. The van der Waals surface area contributed by atoms with Crippen LogP contribution in [-0.4, -0.2) is 114 Å². The number of carbonyl (C=O) groups excluding carboxylic acids is 2. The summed E-state index contributed by atoms with van der Waals surface area (Å²) in [5.41, 5.74) is 0. The van der Waals surface area contributed by atoms with Crippen molar-refractivity contribution in [2.75, 3.05) is 27.4 Å². The average molecular weight is 513 g/mol. The van der Waals surface area contributed by atoms with Gasteiger partial charge in [-0.25, -0.2) is 0 Å². The Kier molecular flexibility index (Phi) is 16.1. The SMILES string of the molecule is C=COC(C)=O.COC1OC(CO)C(C)C(O)C1O.COC1OC(CO)C(C)C(O)C1OC(C)=O. The average Bonchev–Trinajstić information content (AvgIpc) is 2.81. The van der Waals surface area contributed by atoms with Crippen molar-refractivity contribution in [2.45, 2.75) is 76.9 Å². The Labute approximate surface area is 205 Å². The van der Waals surface area contributed by atoms with Gasteiger partial charge in [0.15, 0.2) is 18.7 Å². The van der Waals surface area contributed by atoms with E-state index in [0.29, 0.717) is 0 Å². The summed E-state index contributed by atoms with van der Waals surface area (Å²) in [5.74, 6) is -1.47. The Hall–Kier alpha value is -1.68. The number of aliphatic hydroxyl groups is 5. The Morgan fingerprint density at radius 1 is 0.829 bits per heavy atom. The summed E-state index contributed by atoms with van der Waals surface area (Å²) in [6, 6.07) is 0. The van der Waals surface area contributed by atoms with Crippen LogP contribution in [-0.2, 0) is 38.0 Å². The number of methoxy groups -OCH3 is 2. The highest BCUT2D eigenvalue weighted by Gasteiger charge is 2.45. The van der Waals surface area contributed by atoms with E-state index in [-0.39, 0.29) is 31.0 Å². The lowest BCUT2D eigenvalue weighted by molar-refractivity contribution is -0.284. The normalized spacial score (nSPS) is 36.4. The van der Waals surface area contributed by atoms with Crippen LogP contribution in [0.15, 0.2) is 12.8 Å². The molecule has 0 aromatic carbocycles. The summed E-state index contributed by atoms with van der Waals surface area (Å²) in [6.07, 6.45) is -5.37. The zero-order chi connectivity index (χ0) is 27.3. The first-order valence-electron chi connectivity index (χ1n) is 11.0. The highest BCUT2D eigenvalue weighted by Crippen LogP contribution is 2.28. The van der Waals surface area contributed by atoms with Crippen molar-refractivity contribution in [1.82, 2.24) is 0 Å². The molecule has 0 aromatic rings. The van der Waals surface area contributed by atoms with Crippen molar-refractivity contribution in [2.24, 2.45) is 11.8 Å². The Morgan fingerprint density at radius 2 is 1.29 bits per heavy atom. The predicted octanol–water partition coefficient (Wildman–Crippen LogP) is -1.32. The van der Waals surface area contributed by atoms with E-state index >= 15 is 0 Å². The second-order valence-corrected chi connectivity index (χ2v) is 7.96. The maximum atomic E-state index is 10.9. The Bertz CT molecular complexity index is 608. The zero-order valence-electron chi connectivity index (χ0n) is 21.0. The van der Waals surface area contributed by atoms with Crippen LogP contribution >= 0.6 is 0 Å². The van der Waals surface area contributed by atoms with E-state index in [0.717, 1.165) is 6.26 Å². The van der Waals surface area contributed by atoms with Crippen molar-refractivity contribution in [3.05, 3.63) is 12.8 Å². The molecule has 13 nitrogen and oxygen atoms in total. The van der Waals surface area contributed by atoms with Crippen LogP contribution in [0.1, 0.15) is 27.7 Å². The van der Waals surface area contributed by atoms with Crippen molar-refractivity contribution in [3.63, 3.8) is 0 Å². The number of hydrogen-bond donors (Lipinski definition) is 5. The molecule has 0 saturated carbocycles. The van der Waals surface area contributed by atoms with Gasteiger partial charge in [-0.2, -0.15) is 0 Å². The summed E-state index contributed by atoms with van der Waals surface area (Å²) in [5, 5.41) is 46.9. The van der Waals surface area contributed by atoms with Gasteiger partial charge in [0.2, 0.25) is 0 Å². The van der Waals surface area contributed by atoms with Gasteiger partial charge in [0.25, 0.3) is 0 Å². The molecule has 10 atom stereocenters. The molecule has 0 bridgehead atoms. The fraction of sp³-hybridized carbons (Fsp3) is 0.818. The van der Waals surface area contributed by atoms with Crippen molar-refractivity contribution >= 4 is 11.9 Å². The molecular weight excluding hydrogens is 472 g/mol. The van der Waals surface area contributed by atoms with E-state index < -0.39 is 55.2 Å². The molecule has 2 saturated heterocycles. The van der Waals surface area contributed by atoms with Gasteiger partial charge in [0.05, 0.1) is 37.8 Å². The highest BCUT2D eigenvalue weighted by atomic mass is 16.7. The van der Waals surface area contributed by atoms with Crippen LogP contribution in [0.25, 0.3) is 0 Å². The lowest BCUT2D eigenvalue weighted by Gasteiger charge is -2.41. The second-order valence-electron chi connectivity index (χ2n) is 7.96. The summed E-state index contributed by atoms with van der Waals surface area (Å²) >= 11 is 0. The van der Waals surface area contributed by atoms with Gasteiger partial charge < -0.3 is 54.0 Å². The minimum Gasteiger partial charge on any atom is -0.454 e. The number of hydrogen-bond acceptors (Lipinski definition) is 13. The van der Waals surface area contributed by atoms with Crippen LogP contribution in [0.5, 0.6) is 0 Å². The fourth-order valence-electron chi connectivity index (χ4n) is 3.36. The minimum atomic E-state index is -1.05. The quantitative estimate of drug-likeness (QED) is 0.208. The van der Waals surface area contributed by atoms with Crippen molar-refractivity contribution in [1.29, 1.82) is 0 Å². The topological polar surface area (TPSA) is 191 Å². The van der Waals surface area contributed by atoms with E-state index in [1.54, 1.807) is 13.8 Å². The molecule has 0 amide bonds. The standard InChI is InChI=1S/C10H18O6.C8H16O5.C4H6O2/c1-5-7(4-11)16-10(14-3)9(8(5)13)15-6(2)12;1-4-5(3-9)13-8(12-2)7(11)6(4)10;1-3-6-4(2)5/h5,7-11,13H,4H2,1-3H3;4-11H,3H2,1-2H3;3H,1H2,2H3. The van der Waals surface area contributed by atoms with Gasteiger partial charge in [-0.3, -0.25) is 9.59 Å². The third kappa shape index (κ3) is 10.5. The molecule has 0 spiro atoms. The van der Waals surface area contributed by atoms with Gasteiger partial charge in [-0.15, -0.1) is 0 Å². The number of ether oxygens (including phenoxy) is 6. The smallest absolute Gasteiger partial charge is 0.307 e. The van der Waals surface area contributed by atoms with Crippen LogP contribution in [0, 0.1) is 11.8 Å². The number of esters is 2. The first-order chi connectivity index (χ1) is 16.4. The van der Waals surface area contributed by atoms with Crippen LogP contribution in [0.3, 0.4) is 0 Å². The van der Waals surface area contributed by atoms with E-state index in [1.165, 1.54) is 28.1 Å². The summed E-state index contributed by atoms with van der Waals surface area (Å²) in [7, 11) is 2.77. The zero-order valence-corrected chi connectivity index (χ0v) is 21.0. The molecule has 0 radical (unpaired) electrons. The lowest BCUT2D eigenvalue weighted by Crippen LogP contribution is -2.56. The van der Waals surface area contributed by atoms with Gasteiger partial charge >= 0.3 is 11.9 Å². The van der Waals surface area contributed by atoms with E-state index in [1.807, 2.05) is 0 Å². The van der Waals surface area contributed by atoms with Crippen LogP contribution in [0.2, 0.25) is 0 Å². The van der Waals surface area contributed by atoms with E-state index in [4.69, 9.17) is 33.9 Å². The van der Waals surface area contributed by atoms with Gasteiger partial charge in [-0.05, 0) is 0 Å². The summed E-state index contributed by atoms with van der Waals surface area (Å²) in [4.78, 5) is 20.6. The molecular formula is C22H40O13. The second kappa shape index (κ2) is 16.9. The molecule has 2 aliphatic rings. The number of aliphatic hydroxyl groups excluding tert-OH is 5. The molecule has 0 aromatic heterocycles. The van der Waals surface area contributed by atoms with Gasteiger partial charge in [0, 0.05) is 39.9 Å². The molecule has 13 heteroatoms. The largest absolute Gasteiger partial charge is 0.454 e. The molecule has 35 heavy (non-hydrogen) atoms. The fourth-order valence-corrected chi connectivity index (χ4v) is 3.36. The molecule has 2 rings (SSSR count). The number of carbonyl (C=O) groups is 2. The molecule has 10 unspecified atom stereocenters. The summed E-state index contributed by atoms with van der Waals surface area (Å²) < 4.78 is 29.5. The maximum Gasteiger partial charge on any atom is 0.307 e. The van der Waals surface area contributed by atoms with Crippen LogP contribution < -0.4 is 0 Å². The summed E-state index contributed by atoms with van der Waals surface area (Å²) in [6.45, 7) is 8.75. The van der Waals surface area contributed by atoms with Gasteiger partial charge in [0.1, 0.15) is 12.2 Å². The Morgan fingerprint density at radius 3 is 1.63 bits per heavy atom. The minimum absolute atomic E-state index is 0.190. The molecule has 2 aliphatic heterocycles. The highest BCUT2D eigenvalue weighted by molar-refractivity contribution is 5.66. The molecule has 2 heterocycles. The van der Waals surface area contributed by atoms with E-state index in [9.17, 15) is 24.9 Å². The van der Waals surface area contributed by atoms with E-state index in [2.05, 4.69) is 11.3 Å². The van der Waals surface area contributed by atoms with Crippen LogP contribution in [0.4, 0.5) is 0 Å². The molecule has 0 aliphatic carbocycles. The maximum absolute atomic E-state index is 10.9. The Balaban J connectivity index is 0.000000546. The predicted molar refractivity (Wildman–Crippen MR) is 119 cm³/mol. The van der Waals surface area contributed by atoms with Crippen molar-refractivity contribution in [3.8, 4) is 0 Å². The third-order valence-electron chi connectivity index (χ3n) is 5.48. The third-order valence-corrected chi connectivity index (χ3v) is 5.48. The van der Waals surface area contributed by atoms with Crippen molar-refractivity contribution < 1.29 is 63.5 Å². The number of rotatable bonds is 6. The van der Waals surface area contributed by atoms with Gasteiger partial charge in [-0.1, -0.05) is 20.4 Å².